The van der Waals surface area contributed by atoms with Crippen molar-refractivity contribution in [3.63, 3.8) is 0 Å². The molecule has 0 aliphatic heterocycles. The van der Waals surface area contributed by atoms with Gasteiger partial charge in [-0.25, -0.2) is 0 Å². The number of unbranched alkanes of at least 4 members (excludes halogenated alkanes) is 22. The predicted molar refractivity (Wildman–Crippen MR) is 168 cm³/mol. The number of hydrogen-bond acceptors (Lipinski definition) is 3. The number of amides is 1. The number of hydrogen-bond donors (Lipinski definition) is 2. The van der Waals surface area contributed by atoms with Gasteiger partial charge in [-0.2, -0.15) is 0 Å². The van der Waals surface area contributed by atoms with Crippen LogP contribution in [-0.4, -0.2) is 41.3 Å². The summed E-state index contributed by atoms with van der Waals surface area (Å²) in [4.78, 5) is 15.0. The smallest absolute Gasteiger partial charge is 0.267 e. The highest BCUT2D eigenvalue weighted by atomic mass is 16.3. The molecule has 0 radical (unpaired) electrons. The van der Waals surface area contributed by atoms with Crippen LogP contribution in [0.1, 0.15) is 188 Å². The Balaban J connectivity index is 3.98. The van der Waals surface area contributed by atoms with Crippen LogP contribution in [0.5, 0.6) is 0 Å². The molecule has 0 aromatic heterocycles. The average Bonchev–Trinajstić information content (AvgIpc) is 2.92. The minimum atomic E-state index is -1.36. The van der Waals surface area contributed by atoms with Gasteiger partial charge in [-0.05, 0) is 32.4 Å². The van der Waals surface area contributed by atoms with Crippen molar-refractivity contribution < 1.29 is 9.90 Å². The van der Waals surface area contributed by atoms with Gasteiger partial charge in [0.05, 0.1) is 0 Å². The second-order valence-corrected chi connectivity index (χ2v) is 11.8. The average molecular weight is 539 g/mol. The molecule has 0 heterocycles. The van der Waals surface area contributed by atoms with Gasteiger partial charge in [-0.15, -0.1) is 0 Å². The number of nitrogens with one attached hydrogen (secondary N) is 1. The van der Waals surface area contributed by atoms with Crippen LogP contribution in [0.25, 0.3) is 0 Å². The van der Waals surface area contributed by atoms with E-state index in [-0.39, 0.29) is 5.91 Å². The van der Waals surface area contributed by atoms with Gasteiger partial charge in [0.15, 0.2) is 5.72 Å². The predicted octanol–water partition coefficient (Wildman–Crippen LogP) is 9.93. The standard InChI is InChI=1S/C34H70N2O2/c1-5-9-11-13-15-17-19-20-21-22-23-25-27-29-31-34(38,36(7-3)8-4)33(37)35-32-30-28-26-24-18-16-14-12-10-6-2/h38H,5-32H2,1-4H3,(H,35,37). The summed E-state index contributed by atoms with van der Waals surface area (Å²) in [7, 11) is 0. The summed E-state index contributed by atoms with van der Waals surface area (Å²) in [5.41, 5.74) is -1.36. The molecule has 0 rings (SSSR count). The van der Waals surface area contributed by atoms with Gasteiger partial charge in [0.1, 0.15) is 0 Å². The highest BCUT2D eigenvalue weighted by Crippen LogP contribution is 2.22. The highest BCUT2D eigenvalue weighted by Gasteiger charge is 2.39. The third-order valence-electron chi connectivity index (χ3n) is 8.35. The van der Waals surface area contributed by atoms with Gasteiger partial charge in [0, 0.05) is 6.54 Å². The molecule has 0 aliphatic carbocycles. The van der Waals surface area contributed by atoms with E-state index in [0.29, 0.717) is 26.1 Å². The van der Waals surface area contributed by atoms with Crippen molar-refractivity contribution in [2.45, 2.75) is 194 Å². The maximum Gasteiger partial charge on any atom is 0.267 e. The molecular formula is C34H70N2O2. The zero-order valence-corrected chi connectivity index (χ0v) is 26.6. The van der Waals surface area contributed by atoms with Gasteiger partial charge in [-0.3, -0.25) is 9.69 Å². The lowest BCUT2D eigenvalue weighted by atomic mass is 9.99. The first-order valence-electron chi connectivity index (χ1n) is 17.3. The van der Waals surface area contributed by atoms with E-state index in [1.54, 1.807) is 0 Å². The molecule has 1 amide bonds. The minimum absolute atomic E-state index is 0.188. The lowest BCUT2D eigenvalue weighted by molar-refractivity contribution is -0.165. The van der Waals surface area contributed by atoms with E-state index >= 15 is 0 Å². The van der Waals surface area contributed by atoms with E-state index in [2.05, 4.69) is 19.2 Å². The summed E-state index contributed by atoms with van der Waals surface area (Å²) < 4.78 is 0. The zero-order valence-electron chi connectivity index (χ0n) is 26.6. The Bertz CT molecular complexity index is 495. The van der Waals surface area contributed by atoms with Crippen LogP contribution in [-0.2, 0) is 4.79 Å². The fraction of sp³-hybridized carbons (Fsp3) is 0.971. The summed E-state index contributed by atoms with van der Waals surface area (Å²) in [5, 5.41) is 14.5. The van der Waals surface area contributed by atoms with Crippen LogP contribution < -0.4 is 5.32 Å². The van der Waals surface area contributed by atoms with E-state index < -0.39 is 5.72 Å². The molecule has 0 saturated heterocycles. The molecule has 0 fully saturated rings. The first-order chi connectivity index (χ1) is 18.6. The van der Waals surface area contributed by atoms with E-state index in [1.165, 1.54) is 128 Å². The molecule has 38 heavy (non-hydrogen) atoms. The molecule has 0 bridgehead atoms. The molecule has 1 atom stereocenters. The zero-order chi connectivity index (χ0) is 28.2. The Morgan fingerprint density at radius 2 is 0.842 bits per heavy atom. The van der Waals surface area contributed by atoms with Gasteiger partial charge in [0.25, 0.3) is 5.91 Å². The summed E-state index contributed by atoms with van der Waals surface area (Å²) in [5.74, 6) is -0.188. The molecule has 1 unspecified atom stereocenters. The topological polar surface area (TPSA) is 52.6 Å². The van der Waals surface area contributed by atoms with Crippen molar-refractivity contribution in [2.24, 2.45) is 0 Å². The van der Waals surface area contributed by atoms with Crippen molar-refractivity contribution >= 4 is 5.91 Å². The maximum atomic E-state index is 13.0. The lowest BCUT2D eigenvalue weighted by Crippen LogP contribution is -2.59. The summed E-state index contributed by atoms with van der Waals surface area (Å²) in [6, 6.07) is 0. The number of carbonyl (C=O) groups is 1. The van der Waals surface area contributed by atoms with Crippen molar-refractivity contribution in [3.8, 4) is 0 Å². The van der Waals surface area contributed by atoms with Crippen molar-refractivity contribution in [3.05, 3.63) is 0 Å². The number of rotatable bonds is 30. The Morgan fingerprint density at radius 1 is 0.526 bits per heavy atom. The van der Waals surface area contributed by atoms with E-state index in [4.69, 9.17) is 0 Å². The maximum absolute atomic E-state index is 13.0. The summed E-state index contributed by atoms with van der Waals surface area (Å²) >= 11 is 0. The SMILES string of the molecule is CCCCCCCCCCCCCCCCC(O)(C(=O)NCCCCCCCCCCCC)N(CC)CC. The van der Waals surface area contributed by atoms with Crippen LogP contribution in [0.3, 0.4) is 0 Å². The van der Waals surface area contributed by atoms with Crippen LogP contribution >= 0.6 is 0 Å². The third kappa shape index (κ3) is 20.3. The molecule has 4 heteroatoms. The van der Waals surface area contributed by atoms with Crippen LogP contribution in [0.4, 0.5) is 0 Å². The number of nitrogens with zero attached hydrogens (tertiary/aromatic N) is 1. The molecule has 228 valence electrons. The van der Waals surface area contributed by atoms with E-state index in [0.717, 1.165) is 25.7 Å². The van der Waals surface area contributed by atoms with Gasteiger partial charge in [0.2, 0.25) is 0 Å². The Kier molecular flexibility index (Phi) is 27.5. The summed E-state index contributed by atoms with van der Waals surface area (Å²) in [6.07, 6.45) is 31.8. The number of likely N-dealkylation sites (N-methyl/N-ethyl adjacent to an activating group) is 1. The van der Waals surface area contributed by atoms with Crippen LogP contribution in [0.2, 0.25) is 0 Å². The molecule has 0 aromatic rings. The second kappa shape index (κ2) is 27.9. The molecule has 0 spiro atoms. The number of aliphatic hydroxyl groups is 1. The Labute approximate surface area is 239 Å². The largest absolute Gasteiger partial charge is 0.367 e. The third-order valence-corrected chi connectivity index (χ3v) is 8.35. The first kappa shape index (κ1) is 37.4. The van der Waals surface area contributed by atoms with Gasteiger partial charge < -0.3 is 10.4 Å². The molecule has 0 aliphatic rings. The molecule has 2 N–H and O–H groups in total. The lowest BCUT2D eigenvalue weighted by Gasteiger charge is -2.37. The van der Waals surface area contributed by atoms with Crippen molar-refractivity contribution in [2.75, 3.05) is 19.6 Å². The normalized spacial score (nSPS) is 13.2. The Morgan fingerprint density at radius 3 is 1.18 bits per heavy atom. The van der Waals surface area contributed by atoms with Crippen molar-refractivity contribution in [1.29, 1.82) is 0 Å². The summed E-state index contributed by atoms with van der Waals surface area (Å²) in [6.45, 7) is 10.7. The highest BCUT2D eigenvalue weighted by molar-refractivity contribution is 5.84. The molecular weight excluding hydrogens is 468 g/mol. The second-order valence-electron chi connectivity index (χ2n) is 11.8. The fourth-order valence-corrected chi connectivity index (χ4v) is 5.68. The van der Waals surface area contributed by atoms with Crippen LogP contribution in [0.15, 0.2) is 0 Å². The first-order valence-corrected chi connectivity index (χ1v) is 17.3. The monoisotopic (exact) mass is 539 g/mol. The van der Waals surface area contributed by atoms with E-state index in [9.17, 15) is 9.90 Å². The van der Waals surface area contributed by atoms with Crippen molar-refractivity contribution in [1.82, 2.24) is 10.2 Å². The Hall–Kier alpha value is -0.610. The van der Waals surface area contributed by atoms with E-state index in [1.807, 2.05) is 18.7 Å². The molecule has 0 saturated carbocycles. The van der Waals surface area contributed by atoms with Gasteiger partial charge >= 0.3 is 0 Å². The fourth-order valence-electron chi connectivity index (χ4n) is 5.68. The number of carbonyl (C=O) groups excluding carboxylic acids is 1. The van der Waals surface area contributed by atoms with Gasteiger partial charge in [-0.1, -0.05) is 169 Å². The minimum Gasteiger partial charge on any atom is -0.367 e. The molecule has 0 aromatic carbocycles. The van der Waals surface area contributed by atoms with Crippen LogP contribution in [0, 0.1) is 0 Å². The molecule has 4 nitrogen and oxygen atoms in total. The quantitative estimate of drug-likeness (QED) is 0.0706.